The standard InChI is InChI=1S/C18H27N3O2/c1-2-3-9-17(22)20-16-10-12-21(13-11-16)18(23)19-14-15-7-5-4-6-8-15/h4-8,16H,2-3,9-14H2,1H3,(H,19,23)(H,20,22). The number of hydrogen-bond donors (Lipinski definition) is 2. The number of nitrogens with zero attached hydrogens (tertiary/aromatic N) is 1. The summed E-state index contributed by atoms with van der Waals surface area (Å²) in [5.41, 5.74) is 1.10. The van der Waals surface area contributed by atoms with Crippen molar-refractivity contribution in [2.45, 2.75) is 51.6 Å². The quantitative estimate of drug-likeness (QED) is 0.847. The van der Waals surface area contributed by atoms with Gasteiger partial charge in [0.1, 0.15) is 0 Å². The zero-order valence-electron chi connectivity index (χ0n) is 13.9. The lowest BCUT2D eigenvalue weighted by atomic mass is 10.0. The minimum Gasteiger partial charge on any atom is -0.353 e. The van der Waals surface area contributed by atoms with Gasteiger partial charge in [0.25, 0.3) is 0 Å². The Balaban J connectivity index is 1.67. The van der Waals surface area contributed by atoms with E-state index in [4.69, 9.17) is 0 Å². The molecular formula is C18H27N3O2. The molecule has 1 fully saturated rings. The smallest absolute Gasteiger partial charge is 0.317 e. The predicted molar refractivity (Wildman–Crippen MR) is 90.9 cm³/mol. The van der Waals surface area contributed by atoms with E-state index in [-0.39, 0.29) is 18.0 Å². The number of unbranched alkanes of at least 4 members (excludes halogenated alkanes) is 1. The number of urea groups is 1. The Morgan fingerprint density at radius 1 is 1.17 bits per heavy atom. The molecule has 1 aromatic carbocycles. The van der Waals surface area contributed by atoms with E-state index in [9.17, 15) is 9.59 Å². The van der Waals surface area contributed by atoms with E-state index in [1.807, 2.05) is 35.2 Å². The SMILES string of the molecule is CCCCC(=O)NC1CCN(C(=O)NCc2ccccc2)CC1. The molecule has 5 nitrogen and oxygen atoms in total. The first kappa shape index (κ1) is 17.3. The van der Waals surface area contributed by atoms with E-state index < -0.39 is 0 Å². The lowest BCUT2D eigenvalue weighted by molar-refractivity contribution is -0.122. The van der Waals surface area contributed by atoms with Crippen molar-refractivity contribution in [2.75, 3.05) is 13.1 Å². The van der Waals surface area contributed by atoms with E-state index in [2.05, 4.69) is 17.6 Å². The van der Waals surface area contributed by atoms with E-state index >= 15 is 0 Å². The normalized spacial score (nSPS) is 15.3. The number of hydrogen-bond acceptors (Lipinski definition) is 2. The second-order valence-electron chi connectivity index (χ2n) is 6.08. The number of amides is 3. The van der Waals surface area contributed by atoms with E-state index in [1.54, 1.807) is 0 Å². The summed E-state index contributed by atoms with van der Waals surface area (Å²) in [5, 5.41) is 6.03. The van der Waals surface area contributed by atoms with Gasteiger partial charge in [-0.05, 0) is 24.8 Å². The van der Waals surface area contributed by atoms with Crippen molar-refractivity contribution in [3.05, 3.63) is 35.9 Å². The van der Waals surface area contributed by atoms with Crippen LogP contribution in [0.15, 0.2) is 30.3 Å². The molecule has 1 aromatic rings. The Morgan fingerprint density at radius 3 is 2.52 bits per heavy atom. The van der Waals surface area contributed by atoms with Crippen molar-refractivity contribution in [1.29, 1.82) is 0 Å². The average molecular weight is 317 g/mol. The Labute approximate surface area is 138 Å². The van der Waals surface area contributed by atoms with Crippen molar-refractivity contribution in [3.8, 4) is 0 Å². The van der Waals surface area contributed by atoms with Crippen LogP contribution in [0.3, 0.4) is 0 Å². The highest BCUT2D eigenvalue weighted by Gasteiger charge is 2.23. The van der Waals surface area contributed by atoms with Gasteiger partial charge in [-0.15, -0.1) is 0 Å². The number of carbonyl (C=O) groups is 2. The van der Waals surface area contributed by atoms with E-state index in [0.29, 0.717) is 26.1 Å². The molecule has 0 bridgehead atoms. The molecule has 3 amide bonds. The highest BCUT2D eigenvalue weighted by atomic mass is 16.2. The summed E-state index contributed by atoms with van der Waals surface area (Å²) >= 11 is 0. The average Bonchev–Trinajstić information content (AvgIpc) is 2.59. The number of likely N-dealkylation sites (tertiary alicyclic amines) is 1. The topological polar surface area (TPSA) is 61.4 Å². The van der Waals surface area contributed by atoms with Gasteiger partial charge in [-0.3, -0.25) is 4.79 Å². The van der Waals surface area contributed by atoms with Gasteiger partial charge in [0.15, 0.2) is 0 Å². The maximum absolute atomic E-state index is 12.2. The van der Waals surface area contributed by atoms with Crippen LogP contribution in [-0.2, 0) is 11.3 Å². The maximum atomic E-state index is 12.2. The van der Waals surface area contributed by atoms with Crippen LogP contribution in [0.2, 0.25) is 0 Å². The number of nitrogens with one attached hydrogen (secondary N) is 2. The van der Waals surface area contributed by atoms with Crippen molar-refractivity contribution < 1.29 is 9.59 Å². The fraction of sp³-hybridized carbons (Fsp3) is 0.556. The Bertz CT molecular complexity index is 496. The van der Waals surface area contributed by atoms with Gasteiger partial charge in [-0.25, -0.2) is 4.79 Å². The monoisotopic (exact) mass is 317 g/mol. The summed E-state index contributed by atoms with van der Waals surface area (Å²) in [6.07, 6.45) is 4.24. The molecule has 1 aliphatic rings. The van der Waals surface area contributed by atoms with E-state index in [0.717, 1.165) is 31.2 Å². The van der Waals surface area contributed by atoms with Crippen LogP contribution in [-0.4, -0.2) is 36.0 Å². The molecule has 2 N–H and O–H groups in total. The highest BCUT2D eigenvalue weighted by Crippen LogP contribution is 2.11. The number of benzene rings is 1. The first-order valence-corrected chi connectivity index (χ1v) is 8.55. The third-order valence-corrected chi connectivity index (χ3v) is 4.19. The Hall–Kier alpha value is -2.04. The molecule has 23 heavy (non-hydrogen) atoms. The second-order valence-corrected chi connectivity index (χ2v) is 6.08. The largest absolute Gasteiger partial charge is 0.353 e. The van der Waals surface area contributed by atoms with Crippen LogP contribution in [0.4, 0.5) is 4.79 Å². The van der Waals surface area contributed by atoms with Gasteiger partial charge in [0.2, 0.25) is 5.91 Å². The molecule has 0 unspecified atom stereocenters. The minimum absolute atomic E-state index is 0.0235. The summed E-state index contributed by atoms with van der Waals surface area (Å²) in [7, 11) is 0. The molecule has 1 heterocycles. The predicted octanol–water partition coefficient (Wildman–Crippen LogP) is 2.67. The first-order valence-electron chi connectivity index (χ1n) is 8.55. The molecule has 1 saturated heterocycles. The molecule has 2 rings (SSSR count). The number of piperidine rings is 1. The van der Waals surface area contributed by atoms with Gasteiger partial charge in [-0.2, -0.15) is 0 Å². The van der Waals surface area contributed by atoms with E-state index in [1.165, 1.54) is 0 Å². The van der Waals surface area contributed by atoms with Crippen LogP contribution in [0.25, 0.3) is 0 Å². The third kappa shape index (κ3) is 5.93. The lowest BCUT2D eigenvalue weighted by Gasteiger charge is -2.32. The van der Waals surface area contributed by atoms with Gasteiger partial charge >= 0.3 is 6.03 Å². The molecule has 5 heteroatoms. The maximum Gasteiger partial charge on any atom is 0.317 e. The molecule has 0 spiro atoms. The fourth-order valence-corrected chi connectivity index (χ4v) is 2.75. The molecule has 0 radical (unpaired) electrons. The first-order chi connectivity index (χ1) is 11.2. The molecule has 0 aromatic heterocycles. The summed E-state index contributed by atoms with van der Waals surface area (Å²) in [6.45, 7) is 4.02. The zero-order chi connectivity index (χ0) is 16.5. The minimum atomic E-state index is -0.0235. The number of rotatable bonds is 6. The molecule has 0 atom stereocenters. The molecule has 0 aliphatic carbocycles. The third-order valence-electron chi connectivity index (χ3n) is 4.19. The molecule has 0 saturated carbocycles. The Kier molecular flexibility index (Phi) is 6.91. The Morgan fingerprint density at radius 2 is 1.87 bits per heavy atom. The van der Waals surface area contributed by atoms with Crippen LogP contribution in [0.1, 0.15) is 44.6 Å². The fourth-order valence-electron chi connectivity index (χ4n) is 2.75. The molecule has 1 aliphatic heterocycles. The summed E-state index contributed by atoms with van der Waals surface area (Å²) in [6, 6.07) is 10.1. The lowest BCUT2D eigenvalue weighted by Crippen LogP contribution is -2.49. The van der Waals surface area contributed by atoms with Gasteiger partial charge in [0.05, 0.1) is 0 Å². The van der Waals surface area contributed by atoms with Crippen LogP contribution >= 0.6 is 0 Å². The highest BCUT2D eigenvalue weighted by molar-refractivity contribution is 5.76. The number of carbonyl (C=O) groups excluding carboxylic acids is 2. The molecule has 126 valence electrons. The van der Waals surface area contributed by atoms with Crippen LogP contribution in [0, 0.1) is 0 Å². The summed E-state index contributed by atoms with van der Waals surface area (Å²) in [5.74, 6) is 0.138. The van der Waals surface area contributed by atoms with Crippen molar-refractivity contribution in [1.82, 2.24) is 15.5 Å². The van der Waals surface area contributed by atoms with Crippen molar-refractivity contribution in [2.24, 2.45) is 0 Å². The van der Waals surface area contributed by atoms with Crippen molar-refractivity contribution in [3.63, 3.8) is 0 Å². The molecular weight excluding hydrogens is 290 g/mol. The zero-order valence-corrected chi connectivity index (χ0v) is 13.9. The van der Waals surface area contributed by atoms with Gasteiger partial charge in [0, 0.05) is 32.1 Å². The van der Waals surface area contributed by atoms with Gasteiger partial charge in [-0.1, -0.05) is 43.7 Å². The van der Waals surface area contributed by atoms with Gasteiger partial charge < -0.3 is 15.5 Å². The summed E-state index contributed by atoms with van der Waals surface area (Å²) in [4.78, 5) is 25.7. The van der Waals surface area contributed by atoms with Crippen LogP contribution < -0.4 is 10.6 Å². The van der Waals surface area contributed by atoms with Crippen molar-refractivity contribution >= 4 is 11.9 Å². The van der Waals surface area contributed by atoms with Crippen LogP contribution in [0.5, 0.6) is 0 Å². The second kappa shape index (κ2) is 9.18. The summed E-state index contributed by atoms with van der Waals surface area (Å²) < 4.78 is 0.